The highest BCUT2D eigenvalue weighted by Gasteiger charge is 2.06. The van der Waals surface area contributed by atoms with Crippen molar-refractivity contribution in [3.8, 4) is 11.3 Å². The van der Waals surface area contributed by atoms with Gasteiger partial charge in [-0.3, -0.25) is 4.98 Å². The molecule has 1 heterocycles. The third-order valence-corrected chi connectivity index (χ3v) is 4.09. The van der Waals surface area contributed by atoms with Crippen molar-refractivity contribution < 1.29 is 0 Å². The van der Waals surface area contributed by atoms with Crippen LogP contribution in [-0.4, -0.2) is 4.98 Å². The van der Waals surface area contributed by atoms with Crippen molar-refractivity contribution in [3.05, 3.63) is 84.6 Å². The summed E-state index contributed by atoms with van der Waals surface area (Å²) >= 11 is 1.80. The van der Waals surface area contributed by atoms with Crippen molar-refractivity contribution in [1.29, 1.82) is 0 Å². The lowest BCUT2D eigenvalue weighted by molar-refractivity contribution is 1.28. The lowest BCUT2D eigenvalue weighted by Crippen LogP contribution is -1.86. The van der Waals surface area contributed by atoms with E-state index in [1.54, 1.807) is 11.8 Å². The molecule has 2 heteroatoms. The third kappa shape index (κ3) is 3.09. The summed E-state index contributed by atoms with van der Waals surface area (Å²) in [5.41, 5.74) is 3.47. The third-order valence-electron chi connectivity index (χ3n) is 2.99. The molecule has 1 nitrogen and oxygen atoms in total. The van der Waals surface area contributed by atoms with E-state index in [-0.39, 0.29) is 0 Å². The first-order chi connectivity index (χ1) is 9.93. The molecule has 0 saturated carbocycles. The molecule has 0 N–H and O–H groups in total. The van der Waals surface area contributed by atoms with Crippen molar-refractivity contribution in [1.82, 2.24) is 4.98 Å². The van der Waals surface area contributed by atoms with Gasteiger partial charge in [0.25, 0.3) is 0 Å². The van der Waals surface area contributed by atoms with Gasteiger partial charge < -0.3 is 0 Å². The molecule has 3 rings (SSSR count). The number of hydrogen-bond donors (Lipinski definition) is 0. The van der Waals surface area contributed by atoms with E-state index in [1.165, 1.54) is 5.56 Å². The maximum Gasteiger partial charge on any atom is 0.0713 e. The average molecular weight is 276 g/mol. The van der Waals surface area contributed by atoms with Gasteiger partial charge in [0.05, 0.1) is 5.69 Å². The molecule has 0 aliphatic rings. The fourth-order valence-electron chi connectivity index (χ4n) is 1.99. The second-order valence-corrected chi connectivity index (χ2v) is 5.39. The van der Waals surface area contributed by atoms with Gasteiger partial charge in [-0.15, -0.1) is 11.8 Å². The molecule has 0 saturated heterocycles. The van der Waals surface area contributed by atoms with Crippen LogP contribution in [0.5, 0.6) is 0 Å². The zero-order chi connectivity index (χ0) is 13.6. The minimum absolute atomic E-state index is 0.946. The van der Waals surface area contributed by atoms with Crippen molar-refractivity contribution in [3.63, 3.8) is 0 Å². The second-order valence-electron chi connectivity index (χ2n) is 4.40. The van der Waals surface area contributed by atoms with Crippen LogP contribution in [0.25, 0.3) is 11.3 Å². The Bertz CT molecular complexity index is 665. The number of hydrogen-bond acceptors (Lipinski definition) is 2. The lowest BCUT2D eigenvalue weighted by atomic mass is 10.1. The van der Waals surface area contributed by atoms with E-state index >= 15 is 0 Å². The van der Waals surface area contributed by atoms with E-state index < -0.39 is 0 Å². The largest absolute Gasteiger partial charge is 0.256 e. The summed E-state index contributed by atoms with van der Waals surface area (Å²) in [6, 6.07) is 25.9. The summed E-state index contributed by atoms with van der Waals surface area (Å²) in [4.78, 5) is 5.58. The number of rotatable bonds is 4. The summed E-state index contributed by atoms with van der Waals surface area (Å²) in [7, 11) is 0. The Hall–Kier alpha value is -2.06. The van der Waals surface area contributed by atoms with Crippen LogP contribution in [0.3, 0.4) is 0 Å². The number of nitrogens with zero attached hydrogens (tertiary/aromatic N) is 1. The summed E-state index contributed by atoms with van der Waals surface area (Å²) in [5.74, 6) is 0.946. The summed E-state index contributed by atoms with van der Waals surface area (Å²) in [6.45, 7) is 0. The molecule has 0 bridgehead atoms. The molecule has 0 atom stereocenters. The molecule has 0 aliphatic carbocycles. The zero-order valence-corrected chi connectivity index (χ0v) is 11.8. The summed E-state index contributed by atoms with van der Waals surface area (Å²) in [6.07, 6.45) is 1.83. The molecular formula is C18H14NS. The standard InChI is InChI=1S/C18H14NS/c1-2-8-15(9-3-1)14-20-18-12-5-4-10-16(18)17-11-6-7-13-19-17/h1-11,13H,14H2. The number of thioether (sulfide) groups is 1. The van der Waals surface area contributed by atoms with Gasteiger partial charge in [-0.2, -0.15) is 0 Å². The fraction of sp³-hybridized carbons (Fsp3) is 0.0556. The van der Waals surface area contributed by atoms with Crippen molar-refractivity contribution in [2.45, 2.75) is 10.6 Å². The second kappa shape index (κ2) is 6.40. The normalized spacial score (nSPS) is 10.4. The Morgan fingerprint density at radius 2 is 1.75 bits per heavy atom. The van der Waals surface area contributed by atoms with Gasteiger partial charge in [-0.1, -0.05) is 54.6 Å². The van der Waals surface area contributed by atoms with Gasteiger partial charge in [-0.25, -0.2) is 0 Å². The van der Waals surface area contributed by atoms with E-state index in [9.17, 15) is 0 Å². The molecule has 0 amide bonds. The molecule has 1 radical (unpaired) electrons. The predicted molar refractivity (Wildman–Crippen MR) is 84.5 cm³/mol. The van der Waals surface area contributed by atoms with Crippen molar-refractivity contribution in [2.24, 2.45) is 0 Å². The monoisotopic (exact) mass is 276 g/mol. The zero-order valence-electron chi connectivity index (χ0n) is 11.0. The minimum Gasteiger partial charge on any atom is -0.256 e. The van der Waals surface area contributed by atoms with E-state index in [0.717, 1.165) is 21.9 Å². The first-order valence-corrected chi connectivity index (χ1v) is 7.51. The number of aromatic nitrogens is 1. The topological polar surface area (TPSA) is 12.9 Å². The van der Waals surface area contributed by atoms with Crippen LogP contribution in [-0.2, 0) is 5.75 Å². The van der Waals surface area contributed by atoms with E-state index in [1.807, 2.05) is 42.6 Å². The molecule has 97 valence electrons. The fourth-order valence-corrected chi connectivity index (χ4v) is 2.98. The molecule has 0 fully saturated rings. The molecule has 0 aliphatic heterocycles. The van der Waals surface area contributed by atoms with E-state index in [2.05, 4.69) is 41.4 Å². The highest BCUT2D eigenvalue weighted by Crippen LogP contribution is 2.31. The molecule has 0 unspecified atom stereocenters. The predicted octanol–water partition coefficient (Wildman–Crippen LogP) is 4.84. The van der Waals surface area contributed by atoms with Gasteiger partial charge in [0, 0.05) is 22.4 Å². The Balaban J connectivity index is 1.84. The highest BCUT2D eigenvalue weighted by molar-refractivity contribution is 7.98. The molecular weight excluding hydrogens is 262 g/mol. The molecule has 20 heavy (non-hydrogen) atoms. The Labute approximate surface area is 123 Å². The van der Waals surface area contributed by atoms with Crippen LogP contribution in [0.1, 0.15) is 5.56 Å². The lowest BCUT2D eigenvalue weighted by Gasteiger charge is -2.08. The van der Waals surface area contributed by atoms with Crippen LogP contribution in [0.2, 0.25) is 0 Å². The van der Waals surface area contributed by atoms with Crippen molar-refractivity contribution >= 4 is 11.8 Å². The maximum atomic E-state index is 4.43. The van der Waals surface area contributed by atoms with Crippen LogP contribution in [0.4, 0.5) is 0 Å². The average Bonchev–Trinajstić information content (AvgIpc) is 2.55. The number of pyridine rings is 1. The Morgan fingerprint density at radius 1 is 0.900 bits per heavy atom. The highest BCUT2D eigenvalue weighted by atomic mass is 32.2. The molecule has 2 aromatic carbocycles. The van der Waals surface area contributed by atoms with Gasteiger partial charge in [0.2, 0.25) is 0 Å². The van der Waals surface area contributed by atoms with Crippen LogP contribution in [0, 0.1) is 6.07 Å². The smallest absolute Gasteiger partial charge is 0.0713 e. The Morgan fingerprint density at radius 3 is 2.55 bits per heavy atom. The first-order valence-electron chi connectivity index (χ1n) is 6.52. The van der Waals surface area contributed by atoms with Gasteiger partial charge in [-0.05, 0) is 23.8 Å². The quantitative estimate of drug-likeness (QED) is 0.632. The van der Waals surface area contributed by atoms with Crippen LogP contribution < -0.4 is 0 Å². The number of benzene rings is 2. The van der Waals surface area contributed by atoms with E-state index in [4.69, 9.17) is 0 Å². The minimum atomic E-state index is 0.946. The summed E-state index contributed by atoms with van der Waals surface area (Å²) in [5, 5.41) is 0. The van der Waals surface area contributed by atoms with E-state index in [0.29, 0.717) is 0 Å². The SMILES string of the molecule is [c]1cccc(-c2ccccn2)c1SCc1ccccc1. The molecule has 0 spiro atoms. The van der Waals surface area contributed by atoms with Gasteiger partial charge in [0.1, 0.15) is 0 Å². The van der Waals surface area contributed by atoms with Gasteiger partial charge in [0.15, 0.2) is 0 Å². The molecule has 1 aromatic heterocycles. The van der Waals surface area contributed by atoms with Gasteiger partial charge >= 0.3 is 0 Å². The maximum absolute atomic E-state index is 4.43. The van der Waals surface area contributed by atoms with Crippen molar-refractivity contribution in [2.75, 3.05) is 0 Å². The van der Waals surface area contributed by atoms with Crippen LogP contribution in [0.15, 0.2) is 77.8 Å². The summed E-state index contributed by atoms with van der Waals surface area (Å²) < 4.78 is 0. The van der Waals surface area contributed by atoms with Crippen LogP contribution >= 0.6 is 11.8 Å². The Kier molecular flexibility index (Phi) is 4.14. The molecule has 3 aromatic rings. The first kappa shape index (κ1) is 12.9.